The van der Waals surface area contributed by atoms with Crippen LogP contribution in [0.3, 0.4) is 0 Å². The first-order valence-electron chi connectivity index (χ1n) is 9.64. The number of benzene rings is 1. The van der Waals surface area contributed by atoms with Crippen molar-refractivity contribution in [3.63, 3.8) is 0 Å². The number of methoxy groups -OCH3 is 2. The Morgan fingerprint density at radius 3 is 2.33 bits per heavy atom. The second kappa shape index (κ2) is 8.62. The maximum Gasteiger partial charge on any atom is 0.162 e. The largest absolute Gasteiger partial charge is 0.493 e. The molecule has 27 heavy (non-hydrogen) atoms. The monoisotopic (exact) mass is 378 g/mol. The van der Waals surface area contributed by atoms with Gasteiger partial charge in [0.1, 0.15) is 6.29 Å². The first-order chi connectivity index (χ1) is 13.0. The molecule has 1 fully saturated rings. The minimum Gasteiger partial charge on any atom is -0.493 e. The summed E-state index contributed by atoms with van der Waals surface area (Å²) in [6, 6.07) is 4.37. The van der Waals surface area contributed by atoms with E-state index < -0.39 is 0 Å². The normalized spacial score (nSPS) is 24.2. The summed E-state index contributed by atoms with van der Waals surface area (Å²) in [6.45, 7) is 3.70. The van der Waals surface area contributed by atoms with Gasteiger partial charge in [-0.3, -0.25) is 5.73 Å². The Morgan fingerprint density at radius 1 is 1.11 bits per heavy atom. The summed E-state index contributed by atoms with van der Waals surface area (Å²) in [5.41, 5.74) is 15.6. The molecule has 0 amide bonds. The molecule has 0 aliphatic carbocycles. The fourth-order valence-corrected chi connectivity index (χ4v) is 4.11. The molecule has 2 heterocycles. The summed E-state index contributed by atoms with van der Waals surface area (Å²) in [6.07, 6.45) is 1.55. The maximum absolute atomic E-state index is 6.77. The smallest absolute Gasteiger partial charge is 0.162 e. The summed E-state index contributed by atoms with van der Waals surface area (Å²) in [5, 5.41) is 3.42. The Labute approximate surface area is 162 Å². The van der Waals surface area contributed by atoms with E-state index in [1.807, 2.05) is 12.1 Å². The van der Waals surface area contributed by atoms with Crippen LogP contribution < -0.4 is 31.2 Å². The molecule has 2 atom stereocenters. The van der Waals surface area contributed by atoms with Crippen LogP contribution in [0.15, 0.2) is 12.1 Å². The van der Waals surface area contributed by atoms with Gasteiger partial charge in [-0.15, -0.1) is 0 Å². The predicted molar refractivity (Wildman–Crippen MR) is 108 cm³/mol. The van der Waals surface area contributed by atoms with Gasteiger partial charge in [-0.1, -0.05) is 0 Å². The van der Waals surface area contributed by atoms with Gasteiger partial charge in [0.05, 0.1) is 20.4 Å². The molecule has 2 unspecified atom stereocenters. The summed E-state index contributed by atoms with van der Waals surface area (Å²) >= 11 is 0. The second-order valence-electron chi connectivity index (χ2n) is 7.55. The van der Waals surface area contributed by atoms with Gasteiger partial charge < -0.3 is 30.3 Å². The molecule has 5 N–H and O–H groups in total. The Hall–Kier alpha value is -1.58. The highest BCUT2D eigenvalue weighted by molar-refractivity contribution is 5.64. The molecule has 0 bridgehead atoms. The molecule has 1 saturated heterocycles. The number of nitrogens with two attached hydrogens (primary N) is 2. The van der Waals surface area contributed by atoms with Crippen molar-refractivity contribution >= 4 is 5.69 Å². The van der Waals surface area contributed by atoms with Crippen molar-refractivity contribution in [1.29, 1.82) is 0 Å². The van der Waals surface area contributed by atoms with Crippen molar-refractivity contribution in [1.82, 2.24) is 15.1 Å². The van der Waals surface area contributed by atoms with Crippen LogP contribution in [0.25, 0.3) is 0 Å². The van der Waals surface area contributed by atoms with Gasteiger partial charge in [-0.2, -0.15) is 0 Å². The highest BCUT2D eigenvalue weighted by Gasteiger charge is 2.40. The Morgan fingerprint density at radius 2 is 1.74 bits per heavy atom. The number of hydrogen-bond donors (Lipinski definition) is 3. The quantitative estimate of drug-likeness (QED) is 0.653. The highest BCUT2D eigenvalue weighted by atomic mass is 16.5. The van der Waals surface area contributed by atoms with E-state index in [1.54, 1.807) is 14.2 Å². The van der Waals surface area contributed by atoms with Crippen molar-refractivity contribution in [2.45, 2.75) is 31.3 Å². The molecule has 0 radical (unpaired) electrons. The summed E-state index contributed by atoms with van der Waals surface area (Å²) in [4.78, 5) is 6.67. The van der Waals surface area contributed by atoms with Crippen LogP contribution in [0, 0.1) is 0 Å². The van der Waals surface area contributed by atoms with Crippen LogP contribution in [-0.2, 0) is 0 Å². The minimum atomic E-state index is -0.270. The lowest BCUT2D eigenvalue weighted by molar-refractivity contribution is 0.0515. The van der Waals surface area contributed by atoms with Gasteiger partial charge in [0.2, 0.25) is 0 Å². The number of piperidine rings is 1. The van der Waals surface area contributed by atoms with Crippen molar-refractivity contribution in [2.24, 2.45) is 11.5 Å². The Kier molecular flexibility index (Phi) is 6.44. The van der Waals surface area contributed by atoms with Crippen LogP contribution in [0.1, 0.15) is 24.6 Å². The lowest BCUT2D eigenvalue weighted by atomic mass is 9.98. The molecule has 8 nitrogen and oxygen atoms in total. The number of fused-ring (bicyclic) bond motifs is 1. The number of nitrogens with one attached hydrogen (secondary N) is 1. The molecule has 1 aromatic rings. The van der Waals surface area contributed by atoms with Gasteiger partial charge in [-0.05, 0) is 46.1 Å². The highest BCUT2D eigenvalue weighted by Crippen LogP contribution is 2.43. The molecule has 152 valence electrons. The van der Waals surface area contributed by atoms with Gasteiger partial charge in [0, 0.05) is 36.4 Å². The van der Waals surface area contributed by atoms with Crippen LogP contribution in [-0.4, -0.2) is 76.6 Å². The van der Waals surface area contributed by atoms with E-state index in [0.29, 0.717) is 17.5 Å². The van der Waals surface area contributed by atoms with E-state index >= 15 is 0 Å². The third kappa shape index (κ3) is 4.00. The number of anilines is 1. The standard InChI is InChI=1S/C19H34N6O2/c1-23(2)9-10-24-15-12-17(27-4)16(26-3)11-14(15)18(20)25(19(24)21)13-5-7-22-8-6-13/h11-13,18-19,22H,5-10,20-21H2,1-4H3. The molecule has 3 rings (SSSR count). The third-order valence-electron chi connectivity index (χ3n) is 5.63. The Balaban J connectivity index is 2.02. The van der Waals surface area contributed by atoms with E-state index in [2.05, 4.69) is 34.1 Å². The van der Waals surface area contributed by atoms with Crippen molar-refractivity contribution < 1.29 is 9.47 Å². The average molecular weight is 379 g/mol. The molecule has 0 spiro atoms. The molecule has 2 aliphatic rings. The number of rotatable bonds is 6. The fourth-order valence-electron chi connectivity index (χ4n) is 4.11. The molecule has 8 heteroatoms. The summed E-state index contributed by atoms with van der Waals surface area (Å²) in [5.74, 6) is 1.39. The molecular weight excluding hydrogens is 344 g/mol. The summed E-state index contributed by atoms with van der Waals surface area (Å²) in [7, 11) is 7.44. The van der Waals surface area contributed by atoms with Crippen molar-refractivity contribution in [2.75, 3.05) is 59.4 Å². The molecular formula is C19H34N6O2. The second-order valence-corrected chi connectivity index (χ2v) is 7.55. The first-order valence-corrected chi connectivity index (χ1v) is 9.64. The molecule has 0 aromatic heterocycles. The van der Waals surface area contributed by atoms with E-state index in [-0.39, 0.29) is 12.5 Å². The van der Waals surface area contributed by atoms with Gasteiger partial charge in [0.15, 0.2) is 11.5 Å². The zero-order chi connectivity index (χ0) is 19.6. The van der Waals surface area contributed by atoms with E-state index in [4.69, 9.17) is 20.9 Å². The minimum absolute atomic E-state index is 0.270. The number of nitrogens with zero attached hydrogens (tertiary/aromatic N) is 3. The molecule has 0 saturated carbocycles. The number of hydrogen-bond acceptors (Lipinski definition) is 8. The van der Waals surface area contributed by atoms with Crippen LogP contribution in [0.5, 0.6) is 11.5 Å². The maximum atomic E-state index is 6.77. The number of ether oxygens (including phenoxy) is 2. The van der Waals surface area contributed by atoms with Crippen LogP contribution in [0.2, 0.25) is 0 Å². The first kappa shape index (κ1) is 20.2. The average Bonchev–Trinajstić information content (AvgIpc) is 2.67. The zero-order valence-corrected chi connectivity index (χ0v) is 16.9. The lowest BCUT2D eigenvalue weighted by Gasteiger charge is -2.51. The van der Waals surface area contributed by atoms with Crippen molar-refractivity contribution in [3.05, 3.63) is 17.7 Å². The Bertz CT molecular complexity index is 635. The lowest BCUT2D eigenvalue weighted by Crippen LogP contribution is -2.65. The molecule has 2 aliphatic heterocycles. The van der Waals surface area contributed by atoms with Crippen molar-refractivity contribution in [3.8, 4) is 11.5 Å². The molecule has 1 aromatic carbocycles. The van der Waals surface area contributed by atoms with Gasteiger partial charge in [-0.25, -0.2) is 4.90 Å². The SMILES string of the molecule is COc1cc2c(cc1OC)N(CCN(C)C)C(N)N(C1CCNCC1)C2N. The van der Waals surface area contributed by atoms with Gasteiger partial charge >= 0.3 is 0 Å². The van der Waals surface area contributed by atoms with E-state index in [1.165, 1.54) is 0 Å². The topological polar surface area (TPSA) is 92.2 Å². The van der Waals surface area contributed by atoms with E-state index in [0.717, 1.165) is 50.3 Å². The third-order valence-corrected chi connectivity index (χ3v) is 5.63. The number of likely N-dealkylation sites (N-methyl/N-ethyl adjacent to an activating group) is 1. The van der Waals surface area contributed by atoms with Crippen LogP contribution >= 0.6 is 0 Å². The zero-order valence-electron chi connectivity index (χ0n) is 16.9. The summed E-state index contributed by atoms with van der Waals surface area (Å²) < 4.78 is 11.0. The van der Waals surface area contributed by atoms with Gasteiger partial charge in [0.25, 0.3) is 0 Å². The fraction of sp³-hybridized carbons (Fsp3) is 0.684. The predicted octanol–water partition coefficient (Wildman–Crippen LogP) is 0.339. The van der Waals surface area contributed by atoms with Crippen LogP contribution in [0.4, 0.5) is 5.69 Å². The van der Waals surface area contributed by atoms with E-state index in [9.17, 15) is 0 Å².